The van der Waals surface area contributed by atoms with E-state index in [9.17, 15) is 9.59 Å². The molecule has 3 rings (SSSR count). The molecule has 1 saturated heterocycles. The van der Waals surface area contributed by atoms with Crippen LogP contribution in [0.4, 0.5) is 4.79 Å². The van der Waals surface area contributed by atoms with E-state index in [0.29, 0.717) is 25.9 Å². The van der Waals surface area contributed by atoms with E-state index in [-0.39, 0.29) is 17.2 Å². The fraction of sp³-hybridized carbons (Fsp3) is 0.773. The maximum Gasteiger partial charge on any atom is 0.408 e. The molecule has 1 atom stereocenters. The van der Waals surface area contributed by atoms with Crippen molar-refractivity contribution < 1.29 is 14.3 Å². The van der Waals surface area contributed by atoms with Crippen LogP contribution in [0.25, 0.3) is 0 Å². The Kier molecular flexibility index (Phi) is 5.71. The summed E-state index contributed by atoms with van der Waals surface area (Å²) in [7, 11) is 1.91. The van der Waals surface area contributed by atoms with Gasteiger partial charge in [0.25, 0.3) is 0 Å². The van der Waals surface area contributed by atoms with Crippen molar-refractivity contribution in [2.24, 2.45) is 12.5 Å². The number of ether oxygens (including phenoxy) is 1. The van der Waals surface area contributed by atoms with Gasteiger partial charge in [-0.1, -0.05) is 33.1 Å². The Morgan fingerprint density at radius 3 is 2.41 bits per heavy atom. The zero-order valence-corrected chi connectivity index (χ0v) is 18.7. The molecule has 1 N–H and O–H groups in total. The number of carbonyl (C=O) groups excluding carboxylic acids is 2. The average molecular weight is 405 g/mol. The summed E-state index contributed by atoms with van der Waals surface area (Å²) in [5.74, 6) is 0.254. The van der Waals surface area contributed by atoms with Crippen LogP contribution in [0, 0.1) is 5.41 Å². The van der Waals surface area contributed by atoms with Gasteiger partial charge >= 0.3 is 6.09 Å². The Morgan fingerprint density at radius 2 is 1.86 bits per heavy atom. The van der Waals surface area contributed by atoms with Crippen LogP contribution in [0.5, 0.6) is 0 Å². The molecule has 2 heterocycles. The third-order valence-corrected chi connectivity index (χ3v) is 6.22. The number of nitrogens with zero attached hydrogens (tertiary/aromatic N) is 3. The fourth-order valence-electron chi connectivity index (χ4n) is 4.81. The first-order chi connectivity index (χ1) is 13.4. The van der Waals surface area contributed by atoms with E-state index >= 15 is 0 Å². The molecule has 1 aromatic rings. The third-order valence-electron chi connectivity index (χ3n) is 6.22. The lowest BCUT2D eigenvalue weighted by atomic mass is 9.79. The van der Waals surface area contributed by atoms with Crippen molar-refractivity contribution in [1.29, 1.82) is 0 Å². The van der Waals surface area contributed by atoms with Crippen molar-refractivity contribution in [2.45, 2.75) is 83.8 Å². The summed E-state index contributed by atoms with van der Waals surface area (Å²) in [6, 6.07) is 0. The molecule has 162 valence electrons. The highest BCUT2D eigenvalue weighted by molar-refractivity contribution is 5.90. The van der Waals surface area contributed by atoms with Gasteiger partial charge in [0.2, 0.25) is 5.91 Å². The normalized spacial score (nSPS) is 23.7. The molecule has 1 saturated carbocycles. The molecule has 29 heavy (non-hydrogen) atoms. The van der Waals surface area contributed by atoms with Crippen molar-refractivity contribution in [3.8, 4) is 0 Å². The molecular weight excluding hydrogens is 368 g/mol. The first-order valence-electron chi connectivity index (χ1n) is 10.7. The van der Waals surface area contributed by atoms with Crippen molar-refractivity contribution in [1.82, 2.24) is 20.0 Å². The first kappa shape index (κ1) is 21.7. The Balaban J connectivity index is 1.80. The van der Waals surface area contributed by atoms with Crippen LogP contribution in [0.1, 0.15) is 78.2 Å². The lowest BCUT2D eigenvalue weighted by Gasteiger charge is -2.39. The van der Waals surface area contributed by atoms with Crippen LogP contribution >= 0.6 is 0 Å². The van der Waals surface area contributed by atoms with Gasteiger partial charge in [-0.3, -0.25) is 9.48 Å². The Morgan fingerprint density at radius 1 is 1.21 bits per heavy atom. The number of carbonyl (C=O) groups is 2. The van der Waals surface area contributed by atoms with Gasteiger partial charge in [-0.15, -0.1) is 0 Å². The number of nitrogens with one attached hydrogen (secondary N) is 1. The minimum Gasteiger partial charge on any atom is -0.444 e. The zero-order chi connectivity index (χ0) is 21.4. The van der Waals surface area contributed by atoms with E-state index in [0.717, 1.165) is 24.8 Å². The molecule has 2 fully saturated rings. The quantitative estimate of drug-likeness (QED) is 0.835. The van der Waals surface area contributed by atoms with Crippen molar-refractivity contribution >= 4 is 12.0 Å². The van der Waals surface area contributed by atoms with Crippen molar-refractivity contribution in [3.63, 3.8) is 0 Å². The fourth-order valence-corrected chi connectivity index (χ4v) is 4.81. The Bertz CT molecular complexity index is 756. The predicted octanol–water partition coefficient (Wildman–Crippen LogP) is 3.60. The SMILES string of the molecule is Cn1cc(C2CN(C(=O)C3(NC(=O)OC(C)(C)C)CCCCC3)CC2(C)C)cn1. The highest BCUT2D eigenvalue weighted by Crippen LogP contribution is 2.43. The molecule has 2 aliphatic rings. The van der Waals surface area contributed by atoms with Crippen LogP contribution in [0.2, 0.25) is 0 Å². The van der Waals surface area contributed by atoms with Gasteiger partial charge in [0.15, 0.2) is 0 Å². The summed E-state index contributed by atoms with van der Waals surface area (Å²) in [4.78, 5) is 28.2. The maximum atomic E-state index is 13.7. The number of hydrogen-bond donors (Lipinski definition) is 1. The smallest absolute Gasteiger partial charge is 0.408 e. The van der Waals surface area contributed by atoms with Crippen molar-refractivity contribution in [3.05, 3.63) is 18.0 Å². The molecule has 1 aliphatic heterocycles. The topological polar surface area (TPSA) is 76.5 Å². The van der Waals surface area contributed by atoms with Crippen LogP contribution in [-0.2, 0) is 16.6 Å². The molecule has 2 amide bonds. The lowest BCUT2D eigenvalue weighted by molar-refractivity contribution is -0.139. The number of hydrogen-bond acceptors (Lipinski definition) is 4. The number of rotatable bonds is 3. The molecule has 1 aromatic heterocycles. The number of alkyl carbamates (subject to hydrolysis) is 1. The molecule has 1 unspecified atom stereocenters. The van der Waals surface area contributed by atoms with Gasteiger partial charge < -0.3 is 15.0 Å². The van der Waals surface area contributed by atoms with Crippen LogP contribution in [-0.4, -0.2) is 50.9 Å². The van der Waals surface area contributed by atoms with E-state index in [1.54, 1.807) is 0 Å². The molecule has 0 bridgehead atoms. The molecule has 0 aromatic carbocycles. The van der Waals surface area contributed by atoms with E-state index in [1.807, 2.05) is 49.8 Å². The maximum absolute atomic E-state index is 13.7. The van der Waals surface area contributed by atoms with E-state index in [1.165, 1.54) is 0 Å². The highest BCUT2D eigenvalue weighted by atomic mass is 16.6. The van der Waals surface area contributed by atoms with Gasteiger partial charge in [-0.05, 0) is 44.6 Å². The standard InChI is InChI=1S/C22H36N4O3/c1-20(2,3)29-19(28)24-22(10-8-7-9-11-22)18(27)26-14-17(21(4,5)15-26)16-12-23-25(6)13-16/h12-13,17H,7-11,14-15H2,1-6H3,(H,24,28). The second-order valence-electron chi connectivity index (χ2n) is 10.4. The predicted molar refractivity (Wildman–Crippen MR) is 111 cm³/mol. The van der Waals surface area contributed by atoms with Crippen molar-refractivity contribution in [2.75, 3.05) is 13.1 Å². The summed E-state index contributed by atoms with van der Waals surface area (Å²) in [6.07, 6.45) is 7.73. The summed E-state index contributed by atoms with van der Waals surface area (Å²) in [6.45, 7) is 11.2. The number of aryl methyl sites for hydroxylation is 1. The largest absolute Gasteiger partial charge is 0.444 e. The summed E-state index contributed by atoms with van der Waals surface area (Å²) in [5, 5.41) is 7.30. The third kappa shape index (κ3) is 4.75. The van der Waals surface area contributed by atoms with Crippen LogP contribution in [0.15, 0.2) is 12.4 Å². The summed E-state index contributed by atoms with van der Waals surface area (Å²) in [5.41, 5.74) is -0.351. The molecule has 0 spiro atoms. The van der Waals surface area contributed by atoms with E-state index in [2.05, 4.69) is 24.3 Å². The number of amides is 2. The Hall–Kier alpha value is -2.05. The second-order valence-corrected chi connectivity index (χ2v) is 10.4. The second kappa shape index (κ2) is 7.65. The van der Waals surface area contributed by atoms with E-state index in [4.69, 9.17) is 4.74 Å². The molecule has 7 nitrogen and oxygen atoms in total. The molecular formula is C22H36N4O3. The minimum atomic E-state index is -0.861. The Labute approximate surface area is 174 Å². The van der Waals surface area contributed by atoms with Gasteiger partial charge in [0, 0.05) is 32.3 Å². The van der Waals surface area contributed by atoms with Gasteiger partial charge in [-0.25, -0.2) is 4.79 Å². The minimum absolute atomic E-state index is 0.0301. The molecule has 0 radical (unpaired) electrons. The van der Waals surface area contributed by atoms with E-state index < -0.39 is 17.2 Å². The van der Waals surface area contributed by atoms with Crippen LogP contribution < -0.4 is 5.32 Å². The molecule has 1 aliphatic carbocycles. The van der Waals surface area contributed by atoms with Crippen LogP contribution in [0.3, 0.4) is 0 Å². The summed E-state index contributed by atoms with van der Waals surface area (Å²) >= 11 is 0. The lowest BCUT2D eigenvalue weighted by Crippen LogP contribution is -2.61. The zero-order valence-electron chi connectivity index (χ0n) is 18.7. The average Bonchev–Trinajstić information content (AvgIpc) is 3.15. The molecule has 7 heteroatoms. The van der Waals surface area contributed by atoms with Gasteiger partial charge in [0.05, 0.1) is 6.20 Å². The highest BCUT2D eigenvalue weighted by Gasteiger charge is 2.49. The van der Waals surface area contributed by atoms with Gasteiger partial charge in [-0.2, -0.15) is 5.10 Å². The first-order valence-corrected chi connectivity index (χ1v) is 10.7. The van der Waals surface area contributed by atoms with Gasteiger partial charge in [0.1, 0.15) is 11.1 Å². The number of likely N-dealkylation sites (tertiary alicyclic amines) is 1. The monoisotopic (exact) mass is 404 g/mol. The number of aromatic nitrogens is 2. The summed E-state index contributed by atoms with van der Waals surface area (Å²) < 4.78 is 7.29.